The Morgan fingerprint density at radius 1 is 0.860 bits per heavy atom. The van der Waals surface area contributed by atoms with Gasteiger partial charge < -0.3 is 21.3 Å². The van der Waals surface area contributed by atoms with Crippen molar-refractivity contribution in [2.75, 3.05) is 6.54 Å². The van der Waals surface area contributed by atoms with Crippen molar-refractivity contribution >= 4 is 35.5 Å². The summed E-state index contributed by atoms with van der Waals surface area (Å²) >= 11 is 0. The van der Waals surface area contributed by atoms with Gasteiger partial charge in [-0.2, -0.15) is 0 Å². The molecule has 0 aromatic heterocycles. The lowest BCUT2D eigenvalue weighted by Gasteiger charge is -2.28. The summed E-state index contributed by atoms with van der Waals surface area (Å²) in [7, 11) is 0. The predicted molar refractivity (Wildman–Crippen MR) is 164 cm³/mol. The summed E-state index contributed by atoms with van der Waals surface area (Å²) in [5.41, 5.74) is 1.69. The fraction of sp³-hybridized carbons (Fsp3) is 0.441. The first-order valence-corrected chi connectivity index (χ1v) is 15.4. The Morgan fingerprint density at radius 2 is 1.56 bits per heavy atom. The van der Waals surface area contributed by atoms with E-state index in [0.29, 0.717) is 25.8 Å². The van der Waals surface area contributed by atoms with Crippen LogP contribution in [0.4, 0.5) is 0 Å². The van der Waals surface area contributed by atoms with Crippen LogP contribution in [-0.2, 0) is 30.5 Å². The molecule has 0 spiro atoms. The molecule has 4 amide bonds. The van der Waals surface area contributed by atoms with Crippen molar-refractivity contribution in [2.45, 2.75) is 76.4 Å². The molecule has 1 heterocycles. The lowest BCUT2D eigenvalue weighted by molar-refractivity contribution is -0.140. The monoisotopic (exact) mass is 586 g/mol. The smallest absolute Gasteiger partial charge is 0.289 e. The third-order valence-corrected chi connectivity index (χ3v) is 8.27. The van der Waals surface area contributed by atoms with E-state index in [0.717, 1.165) is 43.2 Å². The van der Waals surface area contributed by atoms with Gasteiger partial charge in [-0.05, 0) is 48.8 Å². The molecule has 43 heavy (non-hydrogen) atoms. The van der Waals surface area contributed by atoms with Crippen LogP contribution in [0.15, 0.2) is 66.7 Å². The number of Topliss-reactive ketones (excluding diaryl/α,β-unsaturated/α-hetero) is 1. The molecular formula is C34H42N4O5. The molecule has 3 atom stereocenters. The van der Waals surface area contributed by atoms with E-state index >= 15 is 0 Å². The third kappa shape index (κ3) is 10.2. The number of hydrogen-bond donors (Lipinski definition) is 4. The van der Waals surface area contributed by atoms with E-state index < -0.39 is 35.6 Å². The first kappa shape index (κ1) is 31.7. The van der Waals surface area contributed by atoms with E-state index in [2.05, 4.69) is 21.3 Å². The molecule has 9 nitrogen and oxygen atoms in total. The van der Waals surface area contributed by atoms with Crippen LogP contribution in [0.3, 0.4) is 0 Å². The number of benzene rings is 2. The molecule has 2 aliphatic rings. The predicted octanol–water partition coefficient (Wildman–Crippen LogP) is 3.44. The second-order valence-electron chi connectivity index (χ2n) is 11.5. The van der Waals surface area contributed by atoms with E-state index in [1.807, 2.05) is 60.7 Å². The Kier molecular flexibility index (Phi) is 12.1. The molecule has 0 radical (unpaired) electrons. The number of amides is 4. The summed E-state index contributed by atoms with van der Waals surface area (Å²) in [4.78, 5) is 65.0. The Hall–Kier alpha value is -4.27. The molecule has 4 rings (SSSR count). The van der Waals surface area contributed by atoms with Crippen molar-refractivity contribution < 1.29 is 24.0 Å². The van der Waals surface area contributed by atoms with Crippen LogP contribution in [0.1, 0.15) is 68.9 Å². The first-order valence-electron chi connectivity index (χ1n) is 15.4. The number of carbonyl (C=O) groups excluding carboxylic acids is 5. The van der Waals surface area contributed by atoms with Gasteiger partial charge in [0.15, 0.2) is 0 Å². The zero-order chi connectivity index (χ0) is 30.4. The van der Waals surface area contributed by atoms with Crippen molar-refractivity contribution in [3.63, 3.8) is 0 Å². The minimum atomic E-state index is -1.12. The summed E-state index contributed by atoms with van der Waals surface area (Å²) in [6.45, 7) is 0.739. The highest BCUT2D eigenvalue weighted by atomic mass is 16.2. The standard InChI is InChI=1S/C34H42N4O5/c39-30(19-16-24-10-4-1-5-11-24)37-29(22-25-12-6-2-7-13-25)33(42)38-28(18-17-27-20-21-35-32(27)41)31(40)34(43)36-23-26-14-8-3-9-15-26/h1,3-5,8-11,14-16,19,25,27-29H,2,6-7,12-13,17-18,20-23H2,(H,35,41)(H,36,43)(H,37,39)(H,38,42)/b19-16+/t27-,28+,29+/m1/s1. The average molecular weight is 587 g/mol. The van der Waals surface area contributed by atoms with Crippen LogP contribution in [0.25, 0.3) is 6.08 Å². The van der Waals surface area contributed by atoms with Crippen molar-refractivity contribution in [2.24, 2.45) is 11.8 Å². The summed E-state index contributed by atoms with van der Waals surface area (Å²) in [5, 5.41) is 11.1. The Labute approximate surface area is 253 Å². The van der Waals surface area contributed by atoms with Crippen LogP contribution < -0.4 is 21.3 Å². The van der Waals surface area contributed by atoms with Crippen LogP contribution >= 0.6 is 0 Å². The zero-order valence-corrected chi connectivity index (χ0v) is 24.6. The molecule has 0 bridgehead atoms. The molecule has 9 heteroatoms. The maximum Gasteiger partial charge on any atom is 0.289 e. The summed E-state index contributed by atoms with van der Waals surface area (Å²) < 4.78 is 0. The normalized spacial score (nSPS) is 18.4. The molecule has 1 aliphatic heterocycles. The van der Waals surface area contributed by atoms with E-state index in [1.165, 1.54) is 6.08 Å². The van der Waals surface area contributed by atoms with Gasteiger partial charge in [-0.15, -0.1) is 0 Å². The van der Waals surface area contributed by atoms with Crippen LogP contribution in [0.5, 0.6) is 0 Å². The molecule has 0 unspecified atom stereocenters. The SMILES string of the molecule is O=C(/C=C/c1ccccc1)N[C@@H](CC1CCCCC1)C(=O)N[C@@H](CC[C@@H]1CCNC1=O)C(=O)C(=O)NCc1ccccc1. The number of carbonyl (C=O) groups is 5. The van der Waals surface area contributed by atoms with Crippen molar-refractivity contribution in [3.8, 4) is 0 Å². The fourth-order valence-corrected chi connectivity index (χ4v) is 5.80. The van der Waals surface area contributed by atoms with Crippen LogP contribution in [-0.4, -0.2) is 48.0 Å². The quantitative estimate of drug-likeness (QED) is 0.199. The highest BCUT2D eigenvalue weighted by Crippen LogP contribution is 2.27. The minimum absolute atomic E-state index is 0.0845. The maximum absolute atomic E-state index is 13.7. The first-order chi connectivity index (χ1) is 20.9. The topological polar surface area (TPSA) is 133 Å². The second kappa shape index (κ2) is 16.4. The van der Waals surface area contributed by atoms with E-state index in [1.54, 1.807) is 6.08 Å². The van der Waals surface area contributed by atoms with Gasteiger partial charge >= 0.3 is 0 Å². The molecule has 4 N–H and O–H groups in total. The van der Waals surface area contributed by atoms with Crippen molar-refractivity contribution in [3.05, 3.63) is 77.9 Å². The van der Waals surface area contributed by atoms with E-state index in [-0.39, 0.29) is 30.7 Å². The Balaban J connectivity index is 1.45. The molecule has 2 fully saturated rings. The number of nitrogens with one attached hydrogen (secondary N) is 4. The van der Waals surface area contributed by atoms with Gasteiger partial charge in [0.05, 0.1) is 6.04 Å². The van der Waals surface area contributed by atoms with Gasteiger partial charge in [-0.25, -0.2) is 0 Å². The highest BCUT2D eigenvalue weighted by molar-refractivity contribution is 6.38. The summed E-state index contributed by atoms with van der Waals surface area (Å²) in [6, 6.07) is 16.6. The molecule has 2 aromatic rings. The molecular weight excluding hydrogens is 544 g/mol. The minimum Gasteiger partial charge on any atom is -0.356 e. The maximum atomic E-state index is 13.7. The Morgan fingerprint density at radius 3 is 2.23 bits per heavy atom. The summed E-state index contributed by atoms with van der Waals surface area (Å²) in [5.74, 6) is -2.58. The van der Waals surface area contributed by atoms with Gasteiger partial charge in [0.2, 0.25) is 23.5 Å². The van der Waals surface area contributed by atoms with Crippen molar-refractivity contribution in [1.82, 2.24) is 21.3 Å². The number of ketones is 1. The zero-order valence-electron chi connectivity index (χ0n) is 24.6. The Bertz CT molecular complexity index is 1270. The number of rotatable bonds is 14. The van der Waals surface area contributed by atoms with Crippen LogP contribution in [0.2, 0.25) is 0 Å². The summed E-state index contributed by atoms with van der Waals surface area (Å²) in [6.07, 6.45) is 9.91. The molecule has 2 aromatic carbocycles. The van der Waals surface area contributed by atoms with E-state index in [9.17, 15) is 24.0 Å². The van der Waals surface area contributed by atoms with Gasteiger partial charge in [0.25, 0.3) is 5.91 Å². The lowest BCUT2D eigenvalue weighted by atomic mass is 9.84. The van der Waals surface area contributed by atoms with Gasteiger partial charge in [-0.1, -0.05) is 92.8 Å². The highest BCUT2D eigenvalue weighted by Gasteiger charge is 2.33. The molecule has 1 saturated heterocycles. The van der Waals surface area contributed by atoms with E-state index in [4.69, 9.17) is 0 Å². The largest absolute Gasteiger partial charge is 0.356 e. The number of hydrogen-bond acceptors (Lipinski definition) is 5. The van der Waals surface area contributed by atoms with Crippen molar-refractivity contribution in [1.29, 1.82) is 0 Å². The lowest BCUT2D eigenvalue weighted by Crippen LogP contribution is -2.54. The molecule has 1 saturated carbocycles. The molecule has 1 aliphatic carbocycles. The third-order valence-electron chi connectivity index (χ3n) is 8.27. The van der Waals surface area contributed by atoms with Gasteiger partial charge in [0, 0.05) is 25.1 Å². The average Bonchev–Trinajstić information content (AvgIpc) is 3.45. The fourth-order valence-electron chi connectivity index (χ4n) is 5.80. The van der Waals surface area contributed by atoms with Crippen LogP contribution in [0, 0.1) is 11.8 Å². The van der Waals surface area contributed by atoms with Gasteiger partial charge in [-0.3, -0.25) is 24.0 Å². The second-order valence-corrected chi connectivity index (χ2v) is 11.5. The van der Waals surface area contributed by atoms with Gasteiger partial charge in [0.1, 0.15) is 6.04 Å². The molecule has 228 valence electrons.